The Hall–Kier alpha value is -1.30. The molecule has 2 nitrogen and oxygen atoms in total. The number of hydrogen-bond acceptors (Lipinski definition) is 2. The first-order chi connectivity index (χ1) is 10.1. The Kier molecular flexibility index (Phi) is 5.45. The molecule has 21 heavy (non-hydrogen) atoms. The SMILES string of the molecule is CCOC(c1ccccc1)C(N)c1c(F)ccc(Br)c1F. The lowest BCUT2D eigenvalue weighted by Gasteiger charge is -2.25. The standard InChI is InChI=1S/C16H16BrF2NO/c1-2-21-16(10-6-4-3-5-7-10)15(20)13-12(18)9-8-11(17)14(13)19/h3-9,15-16H,2,20H2,1H3. The summed E-state index contributed by atoms with van der Waals surface area (Å²) in [6.07, 6.45) is -0.616. The fourth-order valence-corrected chi connectivity index (χ4v) is 2.57. The molecule has 5 heteroatoms. The largest absolute Gasteiger partial charge is 0.372 e. The van der Waals surface area contributed by atoms with Crippen LogP contribution in [0.1, 0.15) is 30.2 Å². The van der Waals surface area contributed by atoms with Crippen LogP contribution in [0.4, 0.5) is 8.78 Å². The first kappa shape index (κ1) is 16.1. The van der Waals surface area contributed by atoms with Crippen LogP contribution in [0, 0.1) is 11.6 Å². The van der Waals surface area contributed by atoms with Crippen molar-refractivity contribution >= 4 is 15.9 Å². The summed E-state index contributed by atoms with van der Waals surface area (Å²) in [5.41, 5.74) is 6.71. The summed E-state index contributed by atoms with van der Waals surface area (Å²) in [5, 5.41) is 0. The van der Waals surface area contributed by atoms with E-state index in [2.05, 4.69) is 15.9 Å². The van der Waals surface area contributed by atoms with Crippen molar-refractivity contribution in [3.05, 3.63) is 69.7 Å². The predicted octanol–water partition coefficient (Wildman–Crippen LogP) is 4.50. The number of nitrogens with two attached hydrogens (primary N) is 1. The predicted molar refractivity (Wildman–Crippen MR) is 81.8 cm³/mol. The van der Waals surface area contributed by atoms with Crippen molar-refractivity contribution in [3.63, 3.8) is 0 Å². The average molecular weight is 356 g/mol. The Morgan fingerprint density at radius 3 is 2.43 bits per heavy atom. The van der Waals surface area contributed by atoms with Gasteiger partial charge < -0.3 is 10.5 Å². The minimum absolute atomic E-state index is 0.174. The third-order valence-corrected chi connectivity index (χ3v) is 3.83. The van der Waals surface area contributed by atoms with Gasteiger partial charge in [0.2, 0.25) is 0 Å². The molecule has 0 saturated heterocycles. The van der Waals surface area contributed by atoms with Gasteiger partial charge in [0.25, 0.3) is 0 Å². The summed E-state index contributed by atoms with van der Waals surface area (Å²) in [5.74, 6) is -1.37. The minimum Gasteiger partial charge on any atom is -0.372 e. The molecule has 0 saturated carbocycles. The molecule has 2 unspecified atom stereocenters. The highest BCUT2D eigenvalue weighted by atomic mass is 79.9. The fourth-order valence-electron chi connectivity index (χ4n) is 2.23. The van der Waals surface area contributed by atoms with Crippen LogP contribution in [0.2, 0.25) is 0 Å². The third-order valence-electron chi connectivity index (χ3n) is 3.21. The summed E-state index contributed by atoms with van der Waals surface area (Å²) in [7, 11) is 0. The van der Waals surface area contributed by atoms with E-state index in [0.29, 0.717) is 6.61 Å². The number of ether oxygens (including phenoxy) is 1. The maximum atomic E-state index is 14.2. The van der Waals surface area contributed by atoms with Gasteiger partial charge in [-0.25, -0.2) is 8.78 Å². The summed E-state index contributed by atoms with van der Waals surface area (Å²) in [6, 6.07) is 10.8. The number of rotatable bonds is 5. The van der Waals surface area contributed by atoms with Gasteiger partial charge in [0, 0.05) is 12.2 Å². The van der Waals surface area contributed by atoms with E-state index in [0.717, 1.165) is 5.56 Å². The highest BCUT2D eigenvalue weighted by molar-refractivity contribution is 9.10. The third kappa shape index (κ3) is 3.48. The van der Waals surface area contributed by atoms with E-state index >= 15 is 0 Å². The molecule has 0 aliphatic rings. The van der Waals surface area contributed by atoms with E-state index < -0.39 is 23.8 Å². The number of hydrogen-bond donors (Lipinski definition) is 1. The normalized spacial score (nSPS) is 14.0. The molecule has 2 atom stereocenters. The van der Waals surface area contributed by atoms with Gasteiger partial charge in [-0.2, -0.15) is 0 Å². The summed E-state index contributed by atoms with van der Waals surface area (Å²) in [6.45, 7) is 2.21. The van der Waals surface area contributed by atoms with Gasteiger partial charge in [-0.3, -0.25) is 0 Å². The van der Waals surface area contributed by atoms with Crippen LogP contribution in [0.3, 0.4) is 0 Å². The smallest absolute Gasteiger partial charge is 0.145 e. The van der Waals surface area contributed by atoms with Crippen LogP contribution in [0.15, 0.2) is 46.9 Å². The van der Waals surface area contributed by atoms with Gasteiger partial charge in [0.05, 0.1) is 10.5 Å². The van der Waals surface area contributed by atoms with Gasteiger partial charge in [0.1, 0.15) is 17.7 Å². The van der Waals surface area contributed by atoms with Crippen LogP contribution in [-0.2, 0) is 4.74 Å². The Morgan fingerprint density at radius 1 is 1.14 bits per heavy atom. The number of benzene rings is 2. The van der Waals surface area contributed by atoms with Crippen molar-refractivity contribution in [2.24, 2.45) is 5.73 Å². The second-order valence-electron chi connectivity index (χ2n) is 4.57. The molecule has 0 fully saturated rings. The van der Waals surface area contributed by atoms with Crippen molar-refractivity contribution in [2.45, 2.75) is 19.1 Å². The zero-order valence-corrected chi connectivity index (χ0v) is 13.1. The van der Waals surface area contributed by atoms with Crippen molar-refractivity contribution in [1.82, 2.24) is 0 Å². The van der Waals surface area contributed by atoms with Crippen molar-refractivity contribution in [1.29, 1.82) is 0 Å². The Balaban J connectivity index is 2.44. The number of halogens is 3. The zero-order valence-electron chi connectivity index (χ0n) is 11.5. The second kappa shape index (κ2) is 7.11. The summed E-state index contributed by atoms with van der Waals surface area (Å²) < 4.78 is 34.0. The first-order valence-corrected chi connectivity index (χ1v) is 7.41. The maximum Gasteiger partial charge on any atom is 0.145 e. The quantitative estimate of drug-likeness (QED) is 0.801. The molecular weight excluding hydrogens is 340 g/mol. The molecule has 0 aromatic heterocycles. The highest BCUT2D eigenvalue weighted by Gasteiger charge is 2.28. The Bertz CT molecular complexity index is 607. The van der Waals surface area contributed by atoms with Crippen LogP contribution >= 0.6 is 15.9 Å². The van der Waals surface area contributed by atoms with E-state index in [9.17, 15) is 8.78 Å². The summed E-state index contributed by atoms with van der Waals surface area (Å²) in [4.78, 5) is 0. The van der Waals surface area contributed by atoms with Gasteiger partial charge >= 0.3 is 0 Å². The average Bonchev–Trinajstić information content (AvgIpc) is 2.49. The molecule has 0 amide bonds. The van der Waals surface area contributed by atoms with Crippen LogP contribution < -0.4 is 5.73 Å². The molecule has 0 heterocycles. The molecule has 2 N–H and O–H groups in total. The Morgan fingerprint density at radius 2 is 1.81 bits per heavy atom. The molecule has 0 spiro atoms. The molecule has 0 bridgehead atoms. The van der Waals surface area contributed by atoms with E-state index in [1.165, 1.54) is 12.1 Å². The molecule has 0 aliphatic heterocycles. The summed E-state index contributed by atoms with van der Waals surface area (Å²) >= 11 is 3.05. The van der Waals surface area contributed by atoms with Crippen molar-refractivity contribution in [3.8, 4) is 0 Å². The van der Waals surface area contributed by atoms with Crippen molar-refractivity contribution in [2.75, 3.05) is 6.61 Å². The van der Waals surface area contributed by atoms with E-state index in [1.807, 2.05) is 37.3 Å². The lowest BCUT2D eigenvalue weighted by atomic mass is 9.95. The van der Waals surface area contributed by atoms with Gasteiger partial charge in [0.15, 0.2) is 0 Å². The maximum absolute atomic E-state index is 14.2. The molecule has 2 aromatic carbocycles. The van der Waals surface area contributed by atoms with Crippen LogP contribution in [-0.4, -0.2) is 6.61 Å². The van der Waals surface area contributed by atoms with Gasteiger partial charge in [-0.05, 0) is 40.5 Å². The molecule has 2 aromatic rings. The monoisotopic (exact) mass is 355 g/mol. The van der Waals surface area contributed by atoms with Gasteiger partial charge in [-0.1, -0.05) is 30.3 Å². The van der Waals surface area contributed by atoms with E-state index in [1.54, 1.807) is 0 Å². The molecule has 0 aliphatic carbocycles. The second-order valence-corrected chi connectivity index (χ2v) is 5.42. The topological polar surface area (TPSA) is 35.2 Å². The zero-order chi connectivity index (χ0) is 15.4. The highest BCUT2D eigenvalue weighted by Crippen LogP contribution is 2.35. The molecule has 112 valence electrons. The van der Waals surface area contributed by atoms with Crippen LogP contribution in [0.25, 0.3) is 0 Å². The van der Waals surface area contributed by atoms with E-state index in [-0.39, 0.29) is 10.0 Å². The fraction of sp³-hybridized carbons (Fsp3) is 0.250. The molecule has 2 rings (SSSR count). The Labute approximate surface area is 131 Å². The molecular formula is C16H16BrF2NO. The lowest BCUT2D eigenvalue weighted by Crippen LogP contribution is -2.24. The van der Waals surface area contributed by atoms with E-state index in [4.69, 9.17) is 10.5 Å². The van der Waals surface area contributed by atoms with Crippen molar-refractivity contribution < 1.29 is 13.5 Å². The van der Waals surface area contributed by atoms with Crippen LogP contribution in [0.5, 0.6) is 0 Å². The minimum atomic E-state index is -0.940. The van der Waals surface area contributed by atoms with Gasteiger partial charge in [-0.15, -0.1) is 0 Å². The molecule has 0 radical (unpaired) electrons. The lowest BCUT2D eigenvalue weighted by molar-refractivity contribution is 0.0411. The first-order valence-electron chi connectivity index (χ1n) is 6.61.